The molecule has 0 saturated heterocycles. The van der Waals surface area contributed by atoms with E-state index in [1.807, 2.05) is 59.5 Å². The van der Waals surface area contributed by atoms with Crippen LogP contribution in [0.4, 0.5) is 28.4 Å². The second kappa shape index (κ2) is 23.8. The van der Waals surface area contributed by atoms with Gasteiger partial charge in [0.2, 0.25) is 23.6 Å². The largest absolute Gasteiger partial charge is 0.493 e. The summed E-state index contributed by atoms with van der Waals surface area (Å²) >= 11 is 0. The lowest BCUT2D eigenvalue weighted by Gasteiger charge is -2.22. The van der Waals surface area contributed by atoms with Crippen LogP contribution in [0.2, 0.25) is 0 Å². The van der Waals surface area contributed by atoms with Gasteiger partial charge in [-0.1, -0.05) is 36.4 Å². The van der Waals surface area contributed by atoms with Crippen LogP contribution < -0.4 is 55.3 Å². The van der Waals surface area contributed by atoms with Gasteiger partial charge in [-0.05, 0) is 97.8 Å². The van der Waals surface area contributed by atoms with Crippen molar-refractivity contribution in [3.63, 3.8) is 0 Å². The summed E-state index contributed by atoms with van der Waals surface area (Å²) < 4.78 is 24.4. The predicted octanol–water partition coefficient (Wildman–Crippen LogP) is 5.70. The number of rotatable bonds is 21. The Morgan fingerprint density at radius 2 is 1.26 bits per heavy atom. The quantitative estimate of drug-likeness (QED) is 0.0438. The number of hydrogen-bond donors (Lipinski definition) is 5. The fourth-order valence-electron chi connectivity index (χ4n) is 10.6. The minimum absolute atomic E-state index is 0.0261. The molecule has 0 saturated carbocycles. The summed E-state index contributed by atoms with van der Waals surface area (Å²) in [7, 11) is 2.98. The van der Waals surface area contributed by atoms with Crippen molar-refractivity contribution in [2.24, 2.45) is 4.99 Å². The molecule has 0 bridgehead atoms. The molecule has 0 unspecified atom stereocenters. The molecule has 0 fully saturated rings. The average Bonchev–Trinajstić information content (AvgIpc) is 4.22. The van der Waals surface area contributed by atoms with Crippen LogP contribution in [0.1, 0.15) is 82.5 Å². The van der Waals surface area contributed by atoms with Crippen molar-refractivity contribution >= 4 is 81.9 Å². The molecule has 5 N–H and O–H groups in total. The predicted molar refractivity (Wildman–Crippen MR) is 300 cm³/mol. The van der Waals surface area contributed by atoms with Crippen molar-refractivity contribution in [3.8, 4) is 23.0 Å². The number of nitrogens with one attached hydrogen (secondary N) is 5. The molecule has 21 nitrogen and oxygen atoms in total. The van der Waals surface area contributed by atoms with E-state index in [4.69, 9.17) is 23.9 Å². The maximum absolute atomic E-state index is 14.1. The maximum atomic E-state index is 14.1. The van der Waals surface area contributed by atoms with Crippen LogP contribution in [0.25, 0.3) is 0 Å². The van der Waals surface area contributed by atoms with E-state index in [0.717, 1.165) is 33.8 Å². The lowest BCUT2D eigenvalue weighted by Crippen LogP contribution is -2.50. The number of hydrogen-bond acceptors (Lipinski definition) is 14. The SMILES string of the molecule is COc1cc2c(cc1OCc1cc(COc3cc4c(cc3OC)C(=O)N3c5ccccc5C[C@H]3CN4)cc(NC(=O)[C@H](C)NC(=O)[C@H](C)NC(=O)CCCCC(=O)NCCN3C(=O)C=CC3=O)c1)N=C[C@@H]1Cc3ccccc3N1C2=O. The van der Waals surface area contributed by atoms with E-state index in [0.29, 0.717) is 88.1 Å². The van der Waals surface area contributed by atoms with E-state index >= 15 is 0 Å². The zero-order valence-electron chi connectivity index (χ0n) is 45.2. The van der Waals surface area contributed by atoms with Crippen molar-refractivity contribution in [3.05, 3.63) is 137 Å². The molecule has 5 aromatic rings. The summed E-state index contributed by atoms with van der Waals surface area (Å²) in [6, 6.07) is 25.3. The Balaban J connectivity index is 0.804. The van der Waals surface area contributed by atoms with Gasteiger partial charge < -0.3 is 50.4 Å². The molecule has 4 atom stereocenters. The highest BCUT2D eigenvalue weighted by molar-refractivity contribution is 6.15. The summed E-state index contributed by atoms with van der Waals surface area (Å²) in [5.74, 6) is -1.78. The molecule has 10 rings (SSSR count). The first-order chi connectivity index (χ1) is 39.2. The van der Waals surface area contributed by atoms with Crippen LogP contribution in [-0.4, -0.2) is 116 Å². The van der Waals surface area contributed by atoms with E-state index in [9.17, 15) is 38.4 Å². The fourth-order valence-corrected chi connectivity index (χ4v) is 10.6. The molecule has 8 amide bonds. The number of aliphatic imine (C=N–C) groups is 1. The molecule has 5 heterocycles. The smallest absolute Gasteiger partial charge is 0.261 e. The zero-order valence-corrected chi connectivity index (χ0v) is 45.2. The van der Waals surface area contributed by atoms with E-state index in [1.54, 1.807) is 47.5 Å². The Labute approximate surface area is 467 Å². The second-order valence-corrected chi connectivity index (χ2v) is 20.3. The van der Waals surface area contributed by atoms with Crippen molar-refractivity contribution in [2.75, 3.05) is 54.3 Å². The number of para-hydroxylation sites is 2. The van der Waals surface area contributed by atoms with Crippen molar-refractivity contribution in [1.29, 1.82) is 0 Å². The van der Waals surface area contributed by atoms with Crippen LogP contribution in [0.5, 0.6) is 23.0 Å². The second-order valence-electron chi connectivity index (χ2n) is 20.3. The monoisotopic (exact) mass is 1100 g/mol. The Bertz CT molecular complexity index is 3410. The Morgan fingerprint density at radius 3 is 1.94 bits per heavy atom. The van der Waals surface area contributed by atoms with Gasteiger partial charge in [0.05, 0.1) is 48.8 Å². The Kier molecular flexibility index (Phi) is 16.1. The van der Waals surface area contributed by atoms with Gasteiger partial charge in [-0.2, -0.15) is 0 Å². The molecule has 0 aromatic heterocycles. The summed E-state index contributed by atoms with van der Waals surface area (Å²) in [6.07, 6.45) is 6.38. The minimum Gasteiger partial charge on any atom is -0.493 e. The van der Waals surface area contributed by atoms with Crippen LogP contribution >= 0.6 is 0 Å². The molecule has 81 heavy (non-hydrogen) atoms. The highest BCUT2D eigenvalue weighted by Gasteiger charge is 2.39. The number of amides is 8. The van der Waals surface area contributed by atoms with Gasteiger partial charge in [-0.25, -0.2) is 0 Å². The summed E-state index contributed by atoms with van der Waals surface area (Å²) in [6.45, 7) is 3.61. The standard InChI is InChI=1S/C60H61N9O12/c1-34(64-54(71)16-10-9-15-53(70)61-19-20-67-55(72)17-18-56(67)73)57(74)65-35(2)58(75)66-40-22-36(32-80-51-28-45-43(26-49(51)78-3)59(76)68-41(30-62-45)24-38-11-5-7-13-47(38)68)21-37(23-40)33-81-52-29-46-44(27-50(52)79-4)60(77)69-42(31-63-46)25-39-12-6-8-14-48(39)69/h5-8,11-14,17-18,21-23,26-30,34-35,41-42,63H,9-10,15-16,19-20,24-25,31-33H2,1-4H3,(H,61,70)(H,64,71)(H,65,74)(H,66,75)/t34-,35-,41-,42-/m0/s1. The molecule has 0 radical (unpaired) electrons. The molecule has 5 aromatic carbocycles. The van der Waals surface area contributed by atoms with Crippen molar-refractivity contribution in [1.82, 2.24) is 20.9 Å². The van der Waals surface area contributed by atoms with Gasteiger partial charge in [0.1, 0.15) is 25.3 Å². The van der Waals surface area contributed by atoms with Crippen LogP contribution in [0.3, 0.4) is 0 Å². The third-order valence-corrected chi connectivity index (χ3v) is 14.7. The number of ether oxygens (including phenoxy) is 4. The number of unbranched alkanes of at least 4 members (excludes halogenated alkanes) is 1. The van der Waals surface area contributed by atoms with Gasteiger partial charge in [0.25, 0.3) is 23.6 Å². The van der Waals surface area contributed by atoms with Crippen LogP contribution in [0.15, 0.2) is 108 Å². The van der Waals surface area contributed by atoms with Crippen molar-refractivity contribution < 1.29 is 57.3 Å². The van der Waals surface area contributed by atoms with Gasteiger partial charge in [-0.15, -0.1) is 0 Å². The number of carbonyl (C=O) groups excluding carboxylic acids is 8. The first kappa shape index (κ1) is 54.8. The third kappa shape index (κ3) is 11.9. The van der Waals surface area contributed by atoms with Gasteiger partial charge in [-0.3, -0.25) is 53.1 Å². The Morgan fingerprint density at radius 1 is 0.667 bits per heavy atom. The number of fused-ring (bicyclic) bond motifs is 8. The number of benzene rings is 5. The number of methoxy groups -OCH3 is 2. The first-order valence-corrected chi connectivity index (χ1v) is 26.8. The molecular formula is C60H61N9O12. The molecular weight excluding hydrogens is 1040 g/mol. The fraction of sp³-hybridized carbons (Fsp3) is 0.317. The first-order valence-electron chi connectivity index (χ1n) is 26.8. The van der Waals surface area contributed by atoms with E-state index in [-0.39, 0.29) is 69.0 Å². The zero-order chi connectivity index (χ0) is 56.9. The van der Waals surface area contributed by atoms with E-state index < -0.39 is 41.6 Å². The lowest BCUT2D eigenvalue weighted by atomic mass is 10.1. The molecule has 21 heteroatoms. The normalized spacial score (nSPS) is 17.0. The average molecular weight is 1100 g/mol. The highest BCUT2D eigenvalue weighted by Crippen LogP contribution is 2.43. The van der Waals surface area contributed by atoms with Gasteiger partial charge >= 0.3 is 0 Å². The highest BCUT2D eigenvalue weighted by atomic mass is 16.5. The Hall–Kier alpha value is -9.53. The summed E-state index contributed by atoms with van der Waals surface area (Å²) in [4.78, 5) is 113. The molecule has 418 valence electrons. The van der Waals surface area contributed by atoms with E-state index in [2.05, 4.69) is 26.6 Å². The molecule has 5 aliphatic rings. The minimum atomic E-state index is -1.06. The van der Waals surface area contributed by atoms with Gasteiger partial charge in [0.15, 0.2) is 23.0 Å². The topological polar surface area (TPSA) is 256 Å². The lowest BCUT2D eigenvalue weighted by molar-refractivity contribution is -0.137. The number of imide groups is 1. The van der Waals surface area contributed by atoms with Crippen LogP contribution in [0, 0.1) is 0 Å². The number of carbonyl (C=O) groups is 8. The number of nitrogens with zero attached hydrogens (tertiary/aromatic N) is 4. The number of anilines is 4. The van der Waals surface area contributed by atoms with E-state index in [1.165, 1.54) is 40.2 Å². The third-order valence-electron chi connectivity index (χ3n) is 14.7. The van der Waals surface area contributed by atoms with Gasteiger partial charge in [0, 0.05) is 86.5 Å². The van der Waals surface area contributed by atoms with Crippen molar-refractivity contribution in [2.45, 2.75) is 89.8 Å². The maximum Gasteiger partial charge on any atom is 0.261 e. The summed E-state index contributed by atoms with van der Waals surface area (Å²) in [5, 5.41) is 14.3. The molecule has 5 aliphatic heterocycles. The molecule has 0 spiro atoms. The summed E-state index contributed by atoms with van der Waals surface area (Å²) in [5.41, 5.74) is 7.24. The van der Waals surface area contributed by atoms with Crippen LogP contribution in [-0.2, 0) is 54.8 Å². The molecule has 0 aliphatic carbocycles.